The van der Waals surface area contributed by atoms with Gasteiger partial charge in [-0.3, -0.25) is 4.79 Å². The van der Waals surface area contributed by atoms with E-state index in [4.69, 9.17) is 5.73 Å². The van der Waals surface area contributed by atoms with E-state index in [9.17, 15) is 4.79 Å². The Labute approximate surface area is 129 Å². The molecule has 2 N–H and O–H groups in total. The van der Waals surface area contributed by atoms with Crippen LogP contribution in [0.4, 0.5) is 0 Å². The van der Waals surface area contributed by atoms with E-state index in [1.54, 1.807) is 0 Å². The molecular weight excluding hydrogens is 272 g/mol. The second kappa shape index (κ2) is 6.23. The van der Waals surface area contributed by atoms with Gasteiger partial charge in [0.15, 0.2) is 0 Å². The quantitative estimate of drug-likeness (QED) is 0.808. The zero-order valence-corrected chi connectivity index (χ0v) is 13.3. The molecular formula is C16H29ClN2O. The molecule has 1 amide bonds. The molecule has 1 heterocycles. The largest absolute Gasteiger partial charge is 0.341 e. The smallest absolute Gasteiger partial charge is 0.242 e. The van der Waals surface area contributed by atoms with Crippen molar-refractivity contribution < 1.29 is 4.79 Å². The van der Waals surface area contributed by atoms with Crippen LogP contribution in [0.2, 0.25) is 0 Å². The molecule has 2 saturated carbocycles. The van der Waals surface area contributed by atoms with Crippen LogP contribution in [-0.4, -0.2) is 29.4 Å². The third-order valence-corrected chi connectivity index (χ3v) is 5.78. The van der Waals surface area contributed by atoms with Gasteiger partial charge in [0.1, 0.15) is 0 Å². The normalized spacial score (nSPS) is 28.1. The second-order valence-corrected chi connectivity index (χ2v) is 7.25. The molecule has 0 unspecified atom stereocenters. The first-order chi connectivity index (χ1) is 9.14. The van der Waals surface area contributed by atoms with Crippen LogP contribution in [0.25, 0.3) is 0 Å². The van der Waals surface area contributed by atoms with Crippen molar-refractivity contribution in [2.75, 3.05) is 13.1 Å². The maximum Gasteiger partial charge on any atom is 0.242 e. The van der Waals surface area contributed by atoms with E-state index in [1.807, 2.05) is 0 Å². The lowest BCUT2D eigenvalue weighted by Gasteiger charge is -2.47. The number of carbonyl (C=O) groups excluding carboxylic acids is 1. The van der Waals surface area contributed by atoms with Crippen molar-refractivity contribution in [1.82, 2.24) is 4.90 Å². The summed E-state index contributed by atoms with van der Waals surface area (Å²) in [6.45, 7) is 1.93. The molecule has 2 aliphatic carbocycles. The molecule has 1 aliphatic heterocycles. The Morgan fingerprint density at radius 2 is 1.40 bits per heavy atom. The van der Waals surface area contributed by atoms with Gasteiger partial charge in [0.05, 0.1) is 5.54 Å². The number of piperidine rings is 1. The third-order valence-electron chi connectivity index (χ3n) is 5.78. The zero-order valence-electron chi connectivity index (χ0n) is 12.5. The number of hydrogen-bond donors (Lipinski definition) is 1. The fraction of sp³-hybridized carbons (Fsp3) is 0.938. The molecule has 3 nitrogen and oxygen atoms in total. The van der Waals surface area contributed by atoms with Crippen LogP contribution in [0, 0.1) is 5.41 Å². The van der Waals surface area contributed by atoms with Crippen LogP contribution in [0.1, 0.15) is 70.6 Å². The van der Waals surface area contributed by atoms with Crippen LogP contribution in [-0.2, 0) is 4.79 Å². The lowest BCUT2D eigenvalue weighted by Crippen LogP contribution is -2.57. The van der Waals surface area contributed by atoms with Crippen LogP contribution < -0.4 is 5.73 Å². The van der Waals surface area contributed by atoms with Crippen molar-refractivity contribution in [3.05, 3.63) is 0 Å². The topological polar surface area (TPSA) is 46.3 Å². The molecule has 3 aliphatic rings. The monoisotopic (exact) mass is 300 g/mol. The molecule has 0 aromatic carbocycles. The van der Waals surface area contributed by atoms with Gasteiger partial charge in [0, 0.05) is 13.1 Å². The van der Waals surface area contributed by atoms with Crippen molar-refractivity contribution in [2.24, 2.45) is 11.1 Å². The van der Waals surface area contributed by atoms with E-state index in [-0.39, 0.29) is 18.3 Å². The number of halogens is 1. The number of nitrogens with two attached hydrogens (primary N) is 1. The number of nitrogens with zero attached hydrogens (tertiary/aromatic N) is 1. The average Bonchev–Trinajstić information content (AvgIpc) is 2.87. The maximum absolute atomic E-state index is 12.7. The highest BCUT2D eigenvalue weighted by atomic mass is 35.5. The Morgan fingerprint density at radius 1 is 0.850 bits per heavy atom. The van der Waals surface area contributed by atoms with Gasteiger partial charge >= 0.3 is 0 Å². The van der Waals surface area contributed by atoms with Crippen LogP contribution >= 0.6 is 12.4 Å². The number of hydrogen-bond acceptors (Lipinski definition) is 2. The molecule has 0 bridgehead atoms. The molecule has 0 aromatic rings. The lowest BCUT2D eigenvalue weighted by molar-refractivity contribution is -0.141. The van der Waals surface area contributed by atoms with E-state index in [1.165, 1.54) is 44.9 Å². The lowest BCUT2D eigenvalue weighted by atomic mass is 9.69. The number of likely N-dealkylation sites (tertiary alicyclic amines) is 1. The summed E-state index contributed by atoms with van der Waals surface area (Å²) in [5.74, 6) is 0.259. The van der Waals surface area contributed by atoms with Gasteiger partial charge in [-0.2, -0.15) is 0 Å². The molecule has 4 heteroatoms. The predicted molar refractivity (Wildman–Crippen MR) is 84.0 cm³/mol. The number of amides is 1. The molecule has 3 fully saturated rings. The molecule has 0 atom stereocenters. The summed E-state index contributed by atoms with van der Waals surface area (Å²) in [7, 11) is 0. The highest BCUT2D eigenvalue weighted by molar-refractivity contribution is 5.86. The van der Waals surface area contributed by atoms with Crippen molar-refractivity contribution in [3.63, 3.8) is 0 Å². The molecule has 3 rings (SSSR count). The van der Waals surface area contributed by atoms with Crippen molar-refractivity contribution in [1.29, 1.82) is 0 Å². The Balaban J connectivity index is 0.00000147. The molecule has 116 valence electrons. The Hall–Kier alpha value is -0.280. The van der Waals surface area contributed by atoms with Gasteiger partial charge in [-0.25, -0.2) is 0 Å². The van der Waals surface area contributed by atoms with E-state index in [0.29, 0.717) is 5.41 Å². The van der Waals surface area contributed by atoms with Gasteiger partial charge < -0.3 is 10.6 Å². The molecule has 0 radical (unpaired) electrons. The van der Waals surface area contributed by atoms with Crippen LogP contribution in [0.5, 0.6) is 0 Å². The first-order valence-corrected chi connectivity index (χ1v) is 8.22. The summed E-state index contributed by atoms with van der Waals surface area (Å²) >= 11 is 0. The summed E-state index contributed by atoms with van der Waals surface area (Å²) in [5, 5.41) is 0. The SMILES string of the molecule is Cl.NC1(C(=O)N2CCCC3(CCCCC3)C2)CCCC1. The first kappa shape index (κ1) is 16.1. The number of carbonyl (C=O) groups is 1. The van der Waals surface area contributed by atoms with Crippen LogP contribution in [0.15, 0.2) is 0 Å². The van der Waals surface area contributed by atoms with E-state index >= 15 is 0 Å². The Kier molecular flexibility index (Phi) is 5.01. The first-order valence-electron chi connectivity index (χ1n) is 8.22. The summed E-state index contributed by atoms with van der Waals surface area (Å²) in [4.78, 5) is 14.9. The molecule has 0 aromatic heterocycles. The minimum atomic E-state index is -0.521. The van der Waals surface area contributed by atoms with Gasteiger partial charge in [0.2, 0.25) is 5.91 Å². The second-order valence-electron chi connectivity index (χ2n) is 7.25. The van der Waals surface area contributed by atoms with Gasteiger partial charge in [-0.05, 0) is 43.9 Å². The maximum atomic E-state index is 12.7. The van der Waals surface area contributed by atoms with E-state index < -0.39 is 5.54 Å². The summed E-state index contributed by atoms with van der Waals surface area (Å²) < 4.78 is 0. The average molecular weight is 301 g/mol. The highest BCUT2D eigenvalue weighted by Crippen LogP contribution is 2.44. The predicted octanol–water partition coefficient (Wildman–Crippen LogP) is 3.25. The van der Waals surface area contributed by atoms with Gasteiger partial charge in [-0.15, -0.1) is 12.4 Å². The fourth-order valence-electron chi connectivity index (χ4n) is 4.63. The van der Waals surface area contributed by atoms with Crippen LogP contribution in [0.3, 0.4) is 0 Å². The van der Waals surface area contributed by atoms with Crippen molar-refractivity contribution in [3.8, 4) is 0 Å². The van der Waals surface area contributed by atoms with E-state index in [2.05, 4.69) is 4.90 Å². The summed E-state index contributed by atoms with van der Waals surface area (Å²) in [6.07, 6.45) is 13.3. The van der Waals surface area contributed by atoms with Gasteiger partial charge in [0.25, 0.3) is 0 Å². The third kappa shape index (κ3) is 2.99. The van der Waals surface area contributed by atoms with E-state index in [0.717, 1.165) is 38.8 Å². The summed E-state index contributed by atoms with van der Waals surface area (Å²) in [6, 6.07) is 0. The minimum absolute atomic E-state index is 0. The summed E-state index contributed by atoms with van der Waals surface area (Å²) in [5.41, 5.74) is 6.29. The molecule has 20 heavy (non-hydrogen) atoms. The standard InChI is InChI=1S/C16H28N2O.ClH/c17-16(10-4-5-11-16)14(19)18-12-6-9-15(13-18)7-2-1-3-8-15;/h1-13,17H2;1H. The fourth-order valence-corrected chi connectivity index (χ4v) is 4.63. The Bertz CT molecular complexity index is 341. The molecule has 1 saturated heterocycles. The minimum Gasteiger partial charge on any atom is -0.341 e. The Morgan fingerprint density at radius 3 is 2.05 bits per heavy atom. The zero-order chi connectivity index (χ0) is 13.3. The highest BCUT2D eigenvalue weighted by Gasteiger charge is 2.44. The number of rotatable bonds is 1. The van der Waals surface area contributed by atoms with Gasteiger partial charge in [-0.1, -0.05) is 32.1 Å². The molecule has 1 spiro atoms. The van der Waals surface area contributed by atoms with Crippen molar-refractivity contribution in [2.45, 2.75) is 76.2 Å². The van der Waals surface area contributed by atoms with Crippen molar-refractivity contribution >= 4 is 18.3 Å².